The second kappa shape index (κ2) is 6.36. The molecule has 0 amide bonds. The summed E-state index contributed by atoms with van der Waals surface area (Å²) in [5.74, 6) is 5.58. The van der Waals surface area contributed by atoms with Crippen molar-refractivity contribution in [3.8, 4) is 0 Å². The molecule has 3 nitrogen and oxygen atoms in total. The van der Waals surface area contributed by atoms with Crippen LogP contribution in [0.15, 0.2) is 6.07 Å². The number of thiophene rings is 1. The first-order chi connectivity index (χ1) is 8.20. The van der Waals surface area contributed by atoms with Crippen molar-refractivity contribution in [2.24, 2.45) is 5.84 Å². The molecule has 2 rings (SSSR count). The summed E-state index contributed by atoms with van der Waals surface area (Å²) in [6.45, 7) is 0.885. The Morgan fingerprint density at radius 3 is 2.94 bits per heavy atom. The maximum absolute atomic E-state index is 6.12. The molecule has 1 aliphatic rings. The lowest BCUT2D eigenvalue weighted by Crippen LogP contribution is -2.28. The van der Waals surface area contributed by atoms with Gasteiger partial charge in [-0.2, -0.15) is 0 Å². The van der Waals surface area contributed by atoms with Gasteiger partial charge < -0.3 is 4.74 Å². The van der Waals surface area contributed by atoms with Gasteiger partial charge in [0, 0.05) is 18.2 Å². The largest absolute Gasteiger partial charge is 0.378 e. The normalized spacial score (nSPS) is 21.9. The molecule has 0 radical (unpaired) electrons. The first-order valence-electron chi connectivity index (χ1n) is 5.73. The smallest absolute Gasteiger partial charge is 0.0992 e. The lowest BCUT2D eigenvalue weighted by Gasteiger charge is -2.17. The summed E-state index contributed by atoms with van der Waals surface area (Å²) >= 11 is 13.4. The van der Waals surface area contributed by atoms with E-state index in [9.17, 15) is 0 Å². The molecule has 0 saturated carbocycles. The first kappa shape index (κ1) is 13.6. The summed E-state index contributed by atoms with van der Waals surface area (Å²) in [5, 5.41) is 0. The zero-order chi connectivity index (χ0) is 12.3. The summed E-state index contributed by atoms with van der Waals surface area (Å²) in [5.41, 5.74) is 3.79. The van der Waals surface area contributed by atoms with E-state index in [1.165, 1.54) is 11.3 Å². The number of hydrazine groups is 1. The molecule has 1 aliphatic heterocycles. The van der Waals surface area contributed by atoms with Gasteiger partial charge in [0.1, 0.15) is 0 Å². The van der Waals surface area contributed by atoms with Crippen LogP contribution in [0.5, 0.6) is 0 Å². The number of hydrogen-bond donors (Lipinski definition) is 2. The second-order valence-corrected chi connectivity index (χ2v) is 6.50. The van der Waals surface area contributed by atoms with Gasteiger partial charge in [0.25, 0.3) is 0 Å². The van der Waals surface area contributed by atoms with E-state index in [1.807, 2.05) is 6.07 Å². The van der Waals surface area contributed by atoms with Crippen molar-refractivity contribution >= 4 is 34.5 Å². The first-order valence-corrected chi connectivity index (χ1v) is 7.30. The van der Waals surface area contributed by atoms with Crippen molar-refractivity contribution < 1.29 is 4.74 Å². The van der Waals surface area contributed by atoms with Crippen molar-refractivity contribution in [1.29, 1.82) is 0 Å². The number of hydrogen-bond acceptors (Lipinski definition) is 4. The van der Waals surface area contributed by atoms with Crippen LogP contribution < -0.4 is 11.3 Å². The Labute approximate surface area is 115 Å². The van der Waals surface area contributed by atoms with Crippen LogP contribution in [0.4, 0.5) is 0 Å². The SMILES string of the molecule is NNC(CCC1CCCO1)c1cc(Cl)sc1Cl. The van der Waals surface area contributed by atoms with Gasteiger partial charge in [-0.25, -0.2) is 0 Å². The van der Waals surface area contributed by atoms with Crippen LogP contribution in [-0.2, 0) is 4.74 Å². The quantitative estimate of drug-likeness (QED) is 0.645. The predicted octanol–water partition coefficient (Wildman–Crippen LogP) is 3.52. The molecule has 2 atom stereocenters. The van der Waals surface area contributed by atoms with E-state index < -0.39 is 0 Å². The summed E-state index contributed by atoms with van der Waals surface area (Å²) < 4.78 is 7.00. The van der Waals surface area contributed by atoms with E-state index in [-0.39, 0.29) is 6.04 Å². The monoisotopic (exact) mass is 294 g/mol. The Kier molecular flexibility index (Phi) is 5.09. The summed E-state index contributed by atoms with van der Waals surface area (Å²) in [4.78, 5) is 0. The number of nitrogens with two attached hydrogens (primary N) is 1. The molecule has 1 aromatic rings. The zero-order valence-corrected chi connectivity index (χ0v) is 11.7. The van der Waals surface area contributed by atoms with E-state index in [0.717, 1.165) is 37.9 Å². The Morgan fingerprint density at radius 2 is 2.41 bits per heavy atom. The minimum atomic E-state index is 0.0513. The number of halogens is 2. The average molecular weight is 295 g/mol. The third-order valence-corrected chi connectivity index (χ3v) is 4.58. The zero-order valence-electron chi connectivity index (χ0n) is 9.42. The molecule has 96 valence electrons. The average Bonchev–Trinajstić information content (AvgIpc) is 2.90. The highest BCUT2D eigenvalue weighted by atomic mass is 35.5. The van der Waals surface area contributed by atoms with E-state index >= 15 is 0 Å². The highest BCUT2D eigenvalue weighted by Gasteiger charge is 2.20. The van der Waals surface area contributed by atoms with Gasteiger partial charge >= 0.3 is 0 Å². The topological polar surface area (TPSA) is 47.3 Å². The number of ether oxygens (including phenoxy) is 1. The maximum atomic E-state index is 6.12. The van der Waals surface area contributed by atoms with Gasteiger partial charge in [-0.1, -0.05) is 23.2 Å². The number of rotatable bonds is 5. The molecule has 2 heterocycles. The van der Waals surface area contributed by atoms with Crippen LogP contribution in [-0.4, -0.2) is 12.7 Å². The fourth-order valence-corrected chi connectivity index (χ4v) is 3.72. The van der Waals surface area contributed by atoms with Crippen molar-refractivity contribution in [2.75, 3.05) is 6.61 Å². The van der Waals surface area contributed by atoms with E-state index in [0.29, 0.717) is 14.8 Å². The van der Waals surface area contributed by atoms with Crippen LogP contribution in [0.2, 0.25) is 8.67 Å². The minimum absolute atomic E-state index is 0.0513. The molecule has 0 bridgehead atoms. The van der Waals surface area contributed by atoms with Crippen LogP contribution in [0.25, 0.3) is 0 Å². The fraction of sp³-hybridized carbons (Fsp3) is 0.636. The third-order valence-electron chi connectivity index (χ3n) is 3.06. The Bertz CT molecular complexity index is 366. The molecule has 0 aromatic carbocycles. The summed E-state index contributed by atoms with van der Waals surface area (Å²) in [7, 11) is 0. The molecule has 3 N–H and O–H groups in total. The van der Waals surface area contributed by atoms with E-state index in [1.54, 1.807) is 0 Å². The molecule has 1 saturated heterocycles. The van der Waals surface area contributed by atoms with E-state index in [2.05, 4.69) is 5.43 Å². The van der Waals surface area contributed by atoms with Crippen LogP contribution in [0.3, 0.4) is 0 Å². The second-order valence-electron chi connectivity index (χ2n) is 4.21. The third kappa shape index (κ3) is 3.56. The standard InChI is InChI=1S/C11H16Cl2N2OS/c12-10-6-8(11(13)17-10)9(15-14)4-3-7-2-1-5-16-7/h6-7,9,15H,1-5,14H2. The molecular weight excluding hydrogens is 279 g/mol. The summed E-state index contributed by atoms with van der Waals surface area (Å²) in [6.07, 6.45) is 4.59. The van der Waals surface area contributed by atoms with Gasteiger partial charge in [-0.05, 0) is 31.7 Å². The van der Waals surface area contributed by atoms with Gasteiger partial charge in [0.05, 0.1) is 14.8 Å². The molecule has 17 heavy (non-hydrogen) atoms. The van der Waals surface area contributed by atoms with Crippen molar-refractivity contribution in [1.82, 2.24) is 5.43 Å². The van der Waals surface area contributed by atoms with Crippen LogP contribution in [0.1, 0.15) is 37.3 Å². The van der Waals surface area contributed by atoms with Crippen molar-refractivity contribution in [3.63, 3.8) is 0 Å². The minimum Gasteiger partial charge on any atom is -0.378 e. The Morgan fingerprint density at radius 1 is 1.59 bits per heavy atom. The molecule has 1 fully saturated rings. The van der Waals surface area contributed by atoms with Crippen LogP contribution >= 0.6 is 34.5 Å². The van der Waals surface area contributed by atoms with Gasteiger partial charge in [-0.15, -0.1) is 11.3 Å². The lowest BCUT2D eigenvalue weighted by molar-refractivity contribution is 0.0996. The fourth-order valence-electron chi connectivity index (χ4n) is 2.14. The van der Waals surface area contributed by atoms with E-state index in [4.69, 9.17) is 33.8 Å². The maximum Gasteiger partial charge on any atom is 0.0992 e. The molecule has 2 unspecified atom stereocenters. The molecule has 0 spiro atoms. The molecular formula is C11H16Cl2N2OS. The van der Waals surface area contributed by atoms with Crippen molar-refractivity contribution in [2.45, 2.75) is 37.8 Å². The molecule has 1 aromatic heterocycles. The van der Waals surface area contributed by atoms with Crippen LogP contribution in [0, 0.1) is 0 Å². The highest BCUT2D eigenvalue weighted by molar-refractivity contribution is 7.20. The highest BCUT2D eigenvalue weighted by Crippen LogP contribution is 2.36. The Balaban J connectivity index is 1.93. The van der Waals surface area contributed by atoms with Gasteiger partial charge in [0.2, 0.25) is 0 Å². The molecule has 6 heteroatoms. The van der Waals surface area contributed by atoms with Gasteiger partial charge in [0.15, 0.2) is 0 Å². The molecule has 0 aliphatic carbocycles. The van der Waals surface area contributed by atoms with Gasteiger partial charge in [-0.3, -0.25) is 11.3 Å². The summed E-state index contributed by atoms with van der Waals surface area (Å²) in [6, 6.07) is 1.93. The number of nitrogens with one attached hydrogen (secondary N) is 1. The lowest BCUT2D eigenvalue weighted by atomic mass is 10.0. The Hall–Kier alpha value is 0.160. The van der Waals surface area contributed by atoms with Crippen molar-refractivity contribution in [3.05, 3.63) is 20.3 Å². The predicted molar refractivity (Wildman–Crippen MR) is 72.6 cm³/mol.